The number of hydrogen-bond donors (Lipinski definition) is 0. The van der Waals surface area contributed by atoms with Gasteiger partial charge in [0.2, 0.25) is 0 Å². The van der Waals surface area contributed by atoms with Gasteiger partial charge >= 0.3 is 0 Å². The van der Waals surface area contributed by atoms with Crippen LogP contribution in [0.4, 0.5) is 0 Å². The van der Waals surface area contributed by atoms with Crippen LogP contribution in [0.2, 0.25) is 5.02 Å². The lowest BCUT2D eigenvalue weighted by Crippen LogP contribution is -2.47. The average Bonchev–Trinajstić information content (AvgIpc) is 2.99. The van der Waals surface area contributed by atoms with E-state index in [1.54, 1.807) is 30.5 Å². The van der Waals surface area contributed by atoms with Crippen molar-refractivity contribution in [3.63, 3.8) is 0 Å². The van der Waals surface area contributed by atoms with Gasteiger partial charge in [-0.25, -0.2) is 0 Å². The van der Waals surface area contributed by atoms with E-state index in [2.05, 4.69) is 4.98 Å². The van der Waals surface area contributed by atoms with Crippen LogP contribution in [0.3, 0.4) is 0 Å². The van der Waals surface area contributed by atoms with E-state index in [-0.39, 0.29) is 17.9 Å². The van der Waals surface area contributed by atoms with Gasteiger partial charge in [-0.3, -0.25) is 14.6 Å². The second-order valence-electron chi connectivity index (χ2n) is 7.44. The first-order valence-corrected chi connectivity index (χ1v) is 9.68. The zero-order valence-corrected chi connectivity index (χ0v) is 16.0. The van der Waals surface area contributed by atoms with Crippen molar-refractivity contribution < 1.29 is 9.59 Å². The molecule has 2 aromatic rings. The Morgan fingerprint density at radius 2 is 1.93 bits per heavy atom. The molecule has 5 nitrogen and oxygen atoms in total. The van der Waals surface area contributed by atoms with Crippen molar-refractivity contribution in [3.8, 4) is 0 Å². The van der Waals surface area contributed by atoms with Gasteiger partial charge in [0.25, 0.3) is 11.8 Å². The molecule has 27 heavy (non-hydrogen) atoms. The van der Waals surface area contributed by atoms with Gasteiger partial charge in [0.15, 0.2) is 0 Å². The highest BCUT2D eigenvalue weighted by Crippen LogP contribution is 2.30. The maximum Gasteiger partial charge on any atom is 0.272 e. The Hall–Kier alpha value is -2.40. The van der Waals surface area contributed by atoms with E-state index >= 15 is 0 Å². The minimum atomic E-state index is -0.0514. The second-order valence-corrected chi connectivity index (χ2v) is 7.88. The monoisotopic (exact) mass is 383 g/mol. The summed E-state index contributed by atoms with van der Waals surface area (Å²) in [6.07, 6.45) is 3.61. The first-order chi connectivity index (χ1) is 13.0. The largest absolute Gasteiger partial charge is 0.335 e. The third-order valence-electron chi connectivity index (χ3n) is 5.56. The van der Waals surface area contributed by atoms with E-state index in [0.29, 0.717) is 41.8 Å². The number of piperidine rings is 1. The van der Waals surface area contributed by atoms with Gasteiger partial charge in [-0.15, -0.1) is 0 Å². The van der Waals surface area contributed by atoms with E-state index in [1.165, 1.54) is 0 Å². The summed E-state index contributed by atoms with van der Waals surface area (Å²) in [7, 11) is 0. The molecule has 1 aromatic heterocycles. The summed E-state index contributed by atoms with van der Waals surface area (Å²) in [5.74, 6) is 0.281. The van der Waals surface area contributed by atoms with E-state index in [4.69, 9.17) is 11.6 Å². The Bertz CT molecular complexity index is 871. The maximum absolute atomic E-state index is 13.2. The smallest absolute Gasteiger partial charge is 0.272 e. The molecule has 140 valence electrons. The number of carbonyl (C=O) groups is 2. The fourth-order valence-corrected chi connectivity index (χ4v) is 4.40. The van der Waals surface area contributed by atoms with Gasteiger partial charge in [-0.2, -0.15) is 0 Å². The number of aromatic nitrogens is 1. The molecule has 2 bridgehead atoms. The molecule has 5 rings (SSSR count). The van der Waals surface area contributed by atoms with E-state index in [1.807, 2.05) is 28.9 Å². The number of carbonyl (C=O) groups excluding carboxylic acids is 2. The van der Waals surface area contributed by atoms with Crippen LogP contribution >= 0.6 is 11.6 Å². The summed E-state index contributed by atoms with van der Waals surface area (Å²) >= 11 is 6.03. The molecule has 3 aliphatic heterocycles. The highest BCUT2D eigenvalue weighted by Gasteiger charge is 2.39. The summed E-state index contributed by atoms with van der Waals surface area (Å²) in [4.78, 5) is 34.1. The van der Waals surface area contributed by atoms with Crippen LogP contribution in [0.25, 0.3) is 0 Å². The number of nitrogens with zero attached hydrogens (tertiary/aromatic N) is 3. The molecular weight excluding hydrogens is 362 g/mol. The Morgan fingerprint density at radius 3 is 2.67 bits per heavy atom. The summed E-state index contributed by atoms with van der Waals surface area (Å²) in [5.41, 5.74) is 2.04. The van der Waals surface area contributed by atoms with Crippen molar-refractivity contribution in [3.05, 3.63) is 64.4 Å². The van der Waals surface area contributed by atoms with Gasteiger partial charge < -0.3 is 9.80 Å². The van der Waals surface area contributed by atoms with Crippen LogP contribution in [0.15, 0.2) is 42.6 Å². The number of hydrogen-bond acceptors (Lipinski definition) is 3. The predicted octanol–water partition coefficient (Wildman–Crippen LogP) is 3.42. The molecule has 3 saturated heterocycles. The lowest BCUT2D eigenvalue weighted by molar-refractivity contribution is 0.0573. The molecule has 0 aliphatic carbocycles. The minimum absolute atomic E-state index is 0.0333. The van der Waals surface area contributed by atoms with E-state index < -0.39 is 0 Å². The topological polar surface area (TPSA) is 53.5 Å². The van der Waals surface area contributed by atoms with Crippen LogP contribution in [-0.4, -0.2) is 52.3 Å². The standard InChI is InChI=1S/C21H22ClN3O2/c1-14-10-16(22)6-8-18(14)20(26)25-12-15-5-7-17(25)13-24(11-15)21(27)19-4-2-3-9-23-19/h2-4,6,8-10,15,17H,5,7,11-13H2,1H3/t15-,17+/m0/s1. The molecule has 0 unspecified atom stereocenters. The third kappa shape index (κ3) is 3.56. The third-order valence-corrected chi connectivity index (χ3v) is 5.80. The molecule has 0 saturated carbocycles. The normalized spacial score (nSPS) is 21.9. The minimum Gasteiger partial charge on any atom is -0.335 e. The summed E-state index contributed by atoms with van der Waals surface area (Å²) in [6, 6.07) is 10.8. The molecule has 2 atom stereocenters. The van der Waals surface area contributed by atoms with Crippen LogP contribution < -0.4 is 0 Å². The van der Waals surface area contributed by atoms with Gasteiger partial charge in [0.05, 0.1) is 0 Å². The van der Waals surface area contributed by atoms with Crippen molar-refractivity contribution in [2.45, 2.75) is 25.8 Å². The van der Waals surface area contributed by atoms with E-state index in [9.17, 15) is 9.59 Å². The molecule has 3 aliphatic rings. The molecule has 3 fully saturated rings. The van der Waals surface area contributed by atoms with Crippen molar-refractivity contribution in [2.24, 2.45) is 5.92 Å². The van der Waals surface area contributed by atoms with Crippen LogP contribution in [0.1, 0.15) is 39.3 Å². The van der Waals surface area contributed by atoms with Crippen molar-refractivity contribution in [2.75, 3.05) is 19.6 Å². The predicted molar refractivity (Wildman–Crippen MR) is 104 cm³/mol. The number of fused-ring (bicyclic) bond motifs is 4. The average molecular weight is 384 g/mol. The number of amides is 2. The van der Waals surface area contributed by atoms with Crippen LogP contribution in [-0.2, 0) is 0 Å². The summed E-state index contributed by atoms with van der Waals surface area (Å²) < 4.78 is 0. The van der Waals surface area contributed by atoms with Crippen molar-refractivity contribution in [1.82, 2.24) is 14.8 Å². The Kier molecular flexibility index (Phi) is 4.87. The molecule has 1 aromatic carbocycles. The Morgan fingerprint density at radius 1 is 1.07 bits per heavy atom. The van der Waals surface area contributed by atoms with Crippen LogP contribution in [0, 0.1) is 12.8 Å². The second kappa shape index (κ2) is 7.31. The van der Waals surface area contributed by atoms with Crippen molar-refractivity contribution in [1.29, 1.82) is 0 Å². The SMILES string of the molecule is Cc1cc(Cl)ccc1C(=O)N1C[C@H]2CC[C@@H]1CN(C(=O)c1ccccn1)C2. The fraction of sp³-hybridized carbons (Fsp3) is 0.381. The van der Waals surface area contributed by atoms with Crippen LogP contribution in [0.5, 0.6) is 0 Å². The van der Waals surface area contributed by atoms with E-state index in [0.717, 1.165) is 18.4 Å². The quantitative estimate of drug-likeness (QED) is 0.798. The Labute approximate surface area is 163 Å². The maximum atomic E-state index is 13.2. The highest BCUT2D eigenvalue weighted by molar-refractivity contribution is 6.30. The fourth-order valence-electron chi connectivity index (χ4n) is 4.17. The molecule has 0 spiro atoms. The molecule has 2 amide bonds. The first kappa shape index (κ1) is 18.0. The molecule has 6 heteroatoms. The molecule has 0 N–H and O–H groups in total. The molecule has 4 heterocycles. The van der Waals surface area contributed by atoms with Gasteiger partial charge in [-0.1, -0.05) is 17.7 Å². The Balaban J connectivity index is 1.56. The molecule has 0 radical (unpaired) electrons. The number of pyridine rings is 1. The van der Waals surface area contributed by atoms with Gasteiger partial charge in [0.1, 0.15) is 5.69 Å². The van der Waals surface area contributed by atoms with Gasteiger partial charge in [-0.05, 0) is 61.6 Å². The zero-order valence-electron chi connectivity index (χ0n) is 15.3. The van der Waals surface area contributed by atoms with Gasteiger partial charge in [0, 0.05) is 42.5 Å². The lowest BCUT2D eigenvalue weighted by Gasteiger charge is -2.36. The number of halogens is 1. The number of benzene rings is 1. The number of aryl methyl sites for hydroxylation is 1. The summed E-state index contributed by atoms with van der Waals surface area (Å²) in [6.45, 7) is 3.84. The number of rotatable bonds is 2. The first-order valence-electron chi connectivity index (χ1n) is 9.30. The lowest BCUT2D eigenvalue weighted by atomic mass is 9.94. The summed E-state index contributed by atoms with van der Waals surface area (Å²) in [5, 5.41) is 0.633. The highest BCUT2D eigenvalue weighted by atomic mass is 35.5. The molecular formula is C21H22ClN3O2. The zero-order chi connectivity index (χ0) is 19.0. The van der Waals surface area contributed by atoms with Crippen molar-refractivity contribution >= 4 is 23.4 Å².